The largest absolute Gasteiger partial charge is 0.379 e. The van der Waals surface area contributed by atoms with Crippen LogP contribution in [0, 0.1) is 5.92 Å². The normalized spacial score (nSPS) is 11.7. The highest BCUT2D eigenvalue weighted by molar-refractivity contribution is 8.69. The van der Waals surface area contributed by atoms with Crippen LogP contribution in [0.5, 0.6) is 0 Å². The van der Waals surface area contributed by atoms with Crippen molar-refractivity contribution in [2.45, 2.75) is 6.42 Å². The van der Waals surface area contributed by atoms with Gasteiger partial charge in [-0.2, -0.15) is 8.42 Å². The number of hydrogen-bond acceptors (Lipinski definition) is 8. The van der Waals surface area contributed by atoms with E-state index in [1.807, 2.05) is 0 Å². The van der Waals surface area contributed by atoms with Crippen LogP contribution in [0.25, 0.3) is 0 Å². The van der Waals surface area contributed by atoms with Gasteiger partial charge in [0.25, 0.3) is 0 Å². The zero-order valence-electron chi connectivity index (χ0n) is 12.5. The van der Waals surface area contributed by atoms with Crippen molar-refractivity contribution < 1.29 is 36.8 Å². The van der Waals surface area contributed by atoms with Crippen molar-refractivity contribution in [2.24, 2.45) is 17.4 Å². The van der Waals surface area contributed by atoms with Crippen molar-refractivity contribution in [2.75, 3.05) is 45.4 Å². The molecule has 0 aromatic heterocycles. The van der Waals surface area contributed by atoms with Gasteiger partial charge in [-0.1, -0.05) is 0 Å². The van der Waals surface area contributed by atoms with Crippen molar-refractivity contribution in [1.82, 2.24) is 0 Å². The number of nitrogens with two attached hydrogens (primary N) is 2. The third kappa shape index (κ3) is 14.4. The number of primary amides is 2. The molecule has 0 aliphatic rings. The van der Waals surface area contributed by atoms with E-state index in [1.54, 1.807) is 0 Å². The number of carbonyl (C=O) groups is 2. The standard InChI is InChI=1S/C11H22N2O8S2/c12-10(14)9(11(13)15)1-2-19-3-4-20-5-6-21-7-8-22-23(16,17)18/h9H,1-8H2,(H2,12,14)(H2,13,15)(H,16,17,18). The van der Waals surface area contributed by atoms with Crippen LogP contribution in [0.4, 0.5) is 0 Å². The third-order valence-corrected chi connectivity index (χ3v) is 4.47. The van der Waals surface area contributed by atoms with Gasteiger partial charge < -0.3 is 25.7 Å². The maximum absolute atomic E-state index is 10.9. The van der Waals surface area contributed by atoms with Gasteiger partial charge in [0.15, 0.2) is 0 Å². The lowest BCUT2D eigenvalue weighted by Crippen LogP contribution is -2.35. The highest BCUT2D eigenvalue weighted by Crippen LogP contribution is 2.07. The fourth-order valence-electron chi connectivity index (χ4n) is 1.37. The predicted octanol–water partition coefficient (Wildman–Crippen LogP) is -1.45. The van der Waals surface area contributed by atoms with Gasteiger partial charge in [-0.25, -0.2) is 0 Å². The van der Waals surface area contributed by atoms with Gasteiger partial charge >= 0.3 is 9.15 Å². The van der Waals surface area contributed by atoms with Crippen LogP contribution in [0.2, 0.25) is 0 Å². The second kappa shape index (κ2) is 12.5. The molecule has 0 fully saturated rings. The summed E-state index contributed by atoms with van der Waals surface area (Å²) in [5.74, 6) is -2.46. The van der Waals surface area contributed by atoms with Gasteiger partial charge in [-0.05, 0) is 17.2 Å². The van der Waals surface area contributed by atoms with Crippen LogP contribution in [-0.4, -0.2) is 70.2 Å². The summed E-state index contributed by atoms with van der Waals surface area (Å²) in [6.07, 6.45) is 0.124. The quantitative estimate of drug-likeness (QED) is 0.134. The lowest BCUT2D eigenvalue weighted by atomic mass is 10.1. The summed E-state index contributed by atoms with van der Waals surface area (Å²) in [6.45, 7) is 1.46. The Hall–Kier alpha value is -0.920. The minimum Gasteiger partial charge on any atom is -0.379 e. The summed E-state index contributed by atoms with van der Waals surface area (Å²) in [6, 6.07) is 0. The molecule has 0 saturated heterocycles. The van der Waals surface area contributed by atoms with Crippen molar-refractivity contribution in [3.8, 4) is 0 Å². The topological polar surface area (TPSA) is 168 Å². The van der Waals surface area contributed by atoms with Gasteiger partial charge in [-0.15, -0.1) is 0 Å². The van der Waals surface area contributed by atoms with Gasteiger partial charge in [0.2, 0.25) is 11.8 Å². The monoisotopic (exact) mass is 374 g/mol. The van der Waals surface area contributed by atoms with E-state index in [9.17, 15) is 18.0 Å². The van der Waals surface area contributed by atoms with Gasteiger partial charge in [0, 0.05) is 12.4 Å². The Morgan fingerprint density at radius 2 is 1.35 bits per heavy atom. The molecular formula is C11H22N2O8S2. The Morgan fingerprint density at radius 3 is 1.78 bits per heavy atom. The van der Waals surface area contributed by atoms with Gasteiger partial charge in [0.1, 0.15) is 5.92 Å². The van der Waals surface area contributed by atoms with Crippen LogP contribution in [0.15, 0.2) is 0 Å². The average Bonchev–Trinajstić information content (AvgIpc) is 2.41. The fraction of sp³-hybridized carbons (Fsp3) is 0.818. The summed E-state index contributed by atoms with van der Waals surface area (Å²) in [5.41, 5.74) is 10.0. The van der Waals surface area contributed by atoms with E-state index in [-0.39, 0.29) is 38.6 Å². The number of hydrogen-bond donors (Lipinski definition) is 3. The molecule has 23 heavy (non-hydrogen) atoms. The van der Waals surface area contributed by atoms with Crippen LogP contribution in [-0.2, 0) is 32.9 Å². The molecular weight excluding hydrogens is 352 g/mol. The Bertz CT molecular complexity index is 443. The molecule has 0 aliphatic carbocycles. The maximum Gasteiger partial charge on any atom is 0.319 e. The van der Waals surface area contributed by atoms with E-state index in [4.69, 9.17) is 30.2 Å². The molecule has 0 unspecified atom stereocenters. The zero-order valence-corrected chi connectivity index (χ0v) is 14.1. The summed E-state index contributed by atoms with van der Waals surface area (Å²) in [4.78, 5) is 21.8. The maximum atomic E-state index is 10.9. The second-order valence-corrected chi connectivity index (χ2v) is 7.70. The van der Waals surface area contributed by atoms with E-state index in [0.29, 0.717) is 24.0 Å². The Morgan fingerprint density at radius 1 is 0.913 bits per heavy atom. The molecule has 2 amide bonds. The summed E-state index contributed by atoms with van der Waals surface area (Å²) in [7, 11) is -3.63. The number of amides is 2. The fourth-order valence-corrected chi connectivity index (χ4v) is 2.60. The molecule has 0 aliphatic heterocycles. The van der Waals surface area contributed by atoms with E-state index >= 15 is 0 Å². The molecule has 12 heteroatoms. The smallest absolute Gasteiger partial charge is 0.319 e. The predicted molar refractivity (Wildman–Crippen MR) is 83.0 cm³/mol. The molecule has 5 N–H and O–H groups in total. The van der Waals surface area contributed by atoms with Crippen LogP contribution in [0.3, 0.4) is 0 Å². The molecule has 0 bridgehead atoms. The Balaban J connectivity index is 3.37. The molecule has 0 saturated carbocycles. The average molecular weight is 374 g/mol. The first-order valence-electron chi connectivity index (χ1n) is 6.67. The Kier molecular flexibility index (Phi) is 12.0. The van der Waals surface area contributed by atoms with Crippen molar-refractivity contribution >= 4 is 31.8 Å². The van der Waals surface area contributed by atoms with Gasteiger partial charge in [-0.3, -0.25) is 14.1 Å². The Labute approximate surface area is 138 Å². The molecule has 0 heterocycles. The van der Waals surface area contributed by atoms with E-state index in [1.165, 1.54) is 0 Å². The van der Waals surface area contributed by atoms with Crippen molar-refractivity contribution in [1.29, 1.82) is 0 Å². The van der Waals surface area contributed by atoms with E-state index in [2.05, 4.69) is 0 Å². The SMILES string of the molecule is NC(=O)C(CCOCCOCCOCCSS(=O)(=O)O)C(N)=O. The molecule has 0 rings (SSSR count). The summed E-state index contributed by atoms with van der Waals surface area (Å²) in [5, 5.41) is 0. The molecule has 0 spiro atoms. The number of ether oxygens (including phenoxy) is 3. The second-order valence-electron chi connectivity index (χ2n) is 4.23. The van der Waals surface area contributed by atoms with Crippen molar-refractivity contribution in [3.05, 3.63) is 0 Å². The summed E-state index contributed by atoms with van der Waals surface area (Å²) < 4.78 is 44.6. The van der Waals surface area contributed by atoms with Crippen LogP contribution < -0.4 is 11.5 Å². The lowest BCUT2D eigenvalue weighted by Gasteiger charge is -2.10. The highest BCUT2D eigenvalue weighted by atomic mass is 33.1. The number of rotatable bonds is 15. The molecule has 10 nitrogen and oxygen atoms in total. The molecule has 0 atom stereocenters. The summed E-state index contributed by atoms with van der Waals surface area (Å²) >= 11 is 0. The molecule has 0 aromatic rings. The van der Waals surface area contributed by atoms with E-state index in [0.717, 1.165) is 0 Å². The minimum absolute atomic E-state index is 0.124. The number of carbonyl (C=O) groups excluding carboxylic acids is 2. The van der Waals surface area contributed by atoms with Gasteiger partial charge in [0.05, 0.1) is 33.0 Å². The minimum atomic E-state index is -4.02. The molecule has 0 aromatic carbocycles. The third-order valence-electron chi connectivity index (χ3n) is 2.44. The zero-order chi connectivity index (χ0) is 17.7. The highest BCUT2D eigenvalue weighted by Gasteiger charge is 2.20. The van der Waals surface area contributed by atoms with Crippen LogP contribution in [0.1, 0.15) is 6.42 Å². The first-order valence-corrected chi connectivity index (χ1v) is 9.62. The molecule has 136 valence electrons. The van der Waals surface area contributed by atoms with Crippen LogP contribution >= 0.6 is 10.8 Å². The first-order chi connectivity index (χ1) is 10.7. The van der Waals surface area contributed by atoms with Crippen molar-refractivity contribution in [3.63, 3.8) is 0 Å². The van der Waals surface area contributed by atoms with E-state index < -0.39 is 26.9 Å². The first kappa shape index (κ1) is 22.1. The lowest BCUT2D eigenvalue weighted by molar-refractivity contribution is -0.132. The molecule has 0 radical (unpaired) electrons.